The summed E-state index contributed by atoms with van der Waals surface area (Å²) in [6.45, 7) is 2.03. The highest BCUT2D eigenvalue weighted by atomic mass is 13.7. The largest absolute Gasteiger partial charge is 0.0903 e. The summed E-state index contributed by atoms with van der Waals surface area (Å²) in [6.07, 6.45) is 3.29. The number of hydrogen-bond acceptors (Lipinski definition) is 0. The fraction of sp³-hybridized carbons (Fsp3) is 1.00. The van der Waals surface area contributed by atoms with Crippen molar-refractivity contribution in [2.75, 3.05) is 0 Å². The van der Waals surface area contributed by atoms with Gasteiger partial charge in [0.25, 0.3) is 0 Å². The predicted octanol–water partition coefficient (Wildman–Crippen LogP) is 0.612. The quantitative estimate of drug-likeness (QED) is 0.445. The van der Waals surface area contributed by atoms with E-state index >= 15 is 0 Å². The van der Waals surface area contributed by atoms with E-state index in [-0.39, 0.29) is 6.49 Å². The van der Waals surface area contributed by atoms with Crippen molar-refractivity contribution in [3.05, 3.63) is 0 Å². The predicted molar refractivity (Wildman–Crippen MR) is 37.0 cm³/mol. The lowest BCUT2D eigenvalue weighted by molar-refractivity contribution is 0.881. The maximum Gasteiger partial charge on any atom is 0.0453 e. The summed E-state index contributed by atoms with van der Waals surface area (Å²) in [5.41, 5.74) is 0. The maximum atomic E-state index is 5.26. The Morgan fingerprint density at radius 1 is 1.43 bits per heavy atom. The second kappa shape index (κ2) is 4.36. The topological polar surface area (TPSA) is 0 Å². The van der Waals surface area contributed by atoms with E-state index in [9.17, 15) is 0 Å². The van der Waals surface area contributed by atoms with Crippen molar-refractivity contribution in [2.24, 2.45) is 0 Å². The monoisotopic (exact) mass is 90.1 g/mol. The molecule has 0 aliphatic heterocycles. The molecule has 0 bridgehead atoms. The molecule has 0 nitrogen and oxygen atoms in total. The van der Waals surface area contributed by atoms with E-state index in [0.717, 1.165) is 12.7 Å². The SMILES string of the molecule is [B]B([B])CCCC. The lowest BCUT2D eigenvalue weighted by Crippen LogP contribution is -2.11. The summed E-state index contributed by atoms with van der Waals surface area (Å²) in [5.74, 6) is 0. The molecule has 0 fully saturated rings. The summed E-state index contributed by atoms with van der Waals surface area (Å²) in [7, 11) is 10.5. The van der Waals surface area contributed by atoms with Crippen molar-refractivity contribution < 1.29 is 0 Å². The minimum absolute atomic E-state index is 0.0973. The van der Waals surface area contributed by atoms with Gasteiger partial charge in [0.05, 0.1) is 0 Å². The molecule has 0 heterocycles. The Morgan fingerprint density at radius 2 is 2.00 bits per heavy atom. The third-order valence-corrected chi connectivity index (χ3v) is 0.891. The maximum absolute atomic E-state index is 5.26. The Morgan fingerprint density at radius 3 is 2.14 bits per heavy atom. The molecule has 3 heteroatoms. The van der Waals surface area contributed by atoms with Gasteiger partial charge in [0.15, 0.2) is 0 Å². The van der Waals surface area contributed by atoms with Crippen LogP contribution >= 0.6 is 0 Å². The van der Waals surface area contributed by atoms with E-state index in [1.807, 2.05) is 0 Å². The lowest BCUT2D eigenvalue weighted by atomic mass is 9.18. The van der Waals surface area contributed by atoms with Crippen LogP contribution in [0.5, 0.6) is 0 Å². The van der Waals surface area contributed by atoms with Gasteiger partial charge in [-0.1, -0.05) is 26.1 Å². The molecule has 0 saturated carbocycles. The van der Waals surface area contributed by atoms with Crippen LogP contribution in [0, 0.1) is 0 Å². The molecule has 0 spiro atoms. The van der Waals surface area contributed by atoms with Crippen molar-refractivity contribution in [1.82, 2.24) is 0 Å². The molecule has 0 unspecified atom stereocenters. The molecule has 0 rings (SSSR count). The van der Waals surface area contributed by atoms with E-state index < -0.39 is 0 Å². The highest BCUT2D eigenvalue weighted by Gasteiger charge is 1.92. The zero-order chi connectivity index (χ0) is 5.70. The van der Waals surface area contributed by atoms with Crippen molar-refractivity contribution in [1.29, 1.82) is 0 Å². The Kier molecular flexibility index (Phi) is 4.48. The van der Waals surface area contributed by atoms with Crippen LogP contribution in [-0.4, -0.2) is 22.0 Å². The zero-order valence-corrected chi connectivity index (χ0v) is 4.85. The summed E-state index contributed by atoms with van der Waals surface area (Å²) in [5, 5.41) is 0. The fourth-order valence-corrected chi connectivity index (χ4v) is 0.440. The lowest BCUT2D eigenvalue weighted by Gasteiger charge is -1.96. The Balaban J connectivity index is 2.68. The van der Waals surface area contributed by atoms with Crippen LogP contribution in [0.1, 0.15) is 19.8 Å². The van der Waals surface area contributed by atoms with Gasteiger partial charge in [-0.15, -0.1) is 0 Å². The molecule has 0 amide bonds. The molecule has 0 N–H and O–H groups in total. The van der Waals surface area contributed by atoms with Crippen molar-refractivity contribution in [2.45, 2.75) is 26.1 Å². The Hall–Kier alpha value is 0.195. The minimum Gasteiger partial charge on any atom is -0.0903 e. The number of rotatable bonds is 3. The first-order chi connectivity index (χ1) is 3.27. The summed E-state index contributed by atoms with van der Waals surface area (Å²) in [4.78, 5) is 0. The van der Waals surface area contributed by atoms with Crippen molar-refractivity contribution >= 4 is 22.0 Å². The molecule has 0 atom stereocenters. The molecule has 34 valence electrons. The average molecular weight is 89.6 g/mol. The van der Waals surface area contributed by atoms with Crippen LogP contribution in [0.15, 0.2) is 0 Å². The highest BCUT2D eigenvalue weighted by Crippen LogP contribution is 1.94. The van der Waals surface area contributed by atoms with Crippen LogP contribution in [0.25, 0.3) is 0 Å². The fourth-order valence-electron chi connectivity index (χ4n) is 0.440. The normalized spacial score (nSPS) is 8.71. The Labute approximate surface area is 48.9 Å². The molecule has 0 aromatic heterocycles. The first-order valence-electron chi connectivity index (χ1n) is 2.78. The molecule has 0 aromatic rings. The first-order valence-corrected chi connectivity index (χ1v) is 2.78. The summed E-state index contributed by atoms with van der Waals surface area (Å²) < 4.78 is 0. The Bertz CT molecular complexity index is 35.9. The van der Waals surface area contributed by atoms with Crippen molar-refractivity contribution in [3.8, 4) is 0 Å². The second-order valence-corrected chi connectivity index (χ2v) is 1.81. The third-order valence-electron chi connectivity index (χ3n) is 0.891. The van der Waals surface area contributed by atoms with E-state index in [1.165, 1.54) is 6.42 Å². The van der Waals surface area contributed by atoms with Gasteiger partial charge in [-0.3, -0.25) is 0 Å². The van der Waals surface area contributed by atoms with Crippen LogP contribution in [-0.2, 0) is 0 Å². The van der Waals surface area contributed by atoms with Gasteiger partial charge in [0, 0.05) is 22.0 Å². The minimum atomic E-state index is -0.0973. The highest BCUT2D eigenvalue weighted by molar-refractivity contribution is 7.29. The van der Waals surface area contributed by atoms with Gasteiger partial charge in [0.2, 0.25) is 0 Å². The molecule has 0 aliphatic rings. The molecular formula is C4H9B3. The summed E-state index contributed by atoms with van der Waals surface area (Å²) in [6, 6.07) is 0. The van der Waals surface area contributed by atoms with Crippen LogP contribution in [0.4, 0.5) is 0 Å². The van der Waals surface area contributed by atoms with Crippen LogP contribution in [0.3, 0.4) is 0 Å². The number of hydrogen-bond donors (Lipinski definition) is 0. The molecule has 4 radical (unpaired) electrons. The standard InChI is InChI=1S/C4H9B3/c1-2-3-4-7(5)6/h2-4H2,1H3. The molecule has 0 saturated heterocycles. The van der Waals surface area contributed by atoms with E-state index in [0.29, 0.717) is 0 Å². The van der Waals surface area contributed by atoms with E-state index in [2.05, 4.69) is 6.92 Å². The van der Waals surface area contributed by atoms with Crippen LogP contribution < -0.4 is 0 Å². The average Bonchev–Trinajstić information content (AvgIpc) is 1.61. The van der Waals surface area contributed by atoms with Gasteiger partial charge < -0.3 is 0 Å². The van der Waals surface area contributed by atoms with Crippen LogP contribution in [0.2, 0.25) is 6.32 Å². The molecule has 0 aromatic carbocycles. The van der Waals surface area contributed by atoms with Gasteiger partial charge in [0.1, 0.15) is 0 Å². The van der Waals surface area contributed by atoms with Gasteiger partial charge in [-0.05, 0) is 0 Å². The molecular weight excluding hydrogens is 80.5 g/mol. The summed E-state index contributed by atoms with van der Waals surface area (Å²) >= 11 is 0. The smallest absolute Gasteiger partial charge is 0.0453 e. The number of unbranched alkanes of at least 4 members (excludes halogenated alkanes) is 1. The van der Waals surface area contributed by atoms with Crippen molar-refractivity contribution in [3.63, 3.8) is 0 Å². The van der Waals surface area contributed by atoms with E-state index in [4.69, 9.17) is 15.5 Å². The van der Waals surface area contributed by atoms with Gasteiger partial charge in [-0.2, -0.15) is 0 Å². The third kappa shape index (κ3) is 6.19. The zero-order valence-electron chi connectivity index (χ0n) is 4.85. The van der Waals surface area contributed by atoms with E-state index in [1.54, 1.807) is 0 Å². The molecule has 7 heavy (non-hydrogen) atoms. The second-order valence-electron chi connectivity index (χ2n) is 1.81. The van der Waals surface area contributed by atoms with Gasteiger partial charge in [-0.25, -0.2) is 0 Å². The first kappa shape index (κ1) is 7.19. The molecule has 0 aliphatic carbocycles. The van der Waals surface area contributed by atoms with Gasteiger partial charge >= 0.3 is 0 Å².